The zero-order valence-corrected chi connectivity index (χ0v) is 14.7. The van der Waals surface area contributed by atoms with Crippen LogP contribution in [0.2, 0.25) is 0 Å². The smallest absolute Gasteiger partial charge is 0.283 e. The van der Waals surface area contributed by atoms with Gasteiger partial charge >= 0.3 is 0 Å². The minimum atomic E-state index is -2.66. The Morgan fingerprint density at radius 3 is 2.73 bits per heavy atom. The Kier molecular flexibility index (Phi) is 5.58. The predicted molar refractivity (Wildman–Crippen MR) is 83.7 cm³/mol. The Hall–Kier alpha value is -0.980. The zero-order valence-electron chi connectivity index (χ0n) is 13.1. The number of alkyl halides is 2. The summed E-state index contributed by atoms with van der Waals surface area (Å²) in [7, 11) is 0. The molecule has 1 heterocycles. The summed E-state index contributed by atoms with van der Waals surface area (Å²) in [5.74, 6) is 0.842. The van der Waals surface area contributed by atoms with E-state index in [1.165, 1.54) is 11.1 Å². The first-order valence-corrected chi connectivity index (χ1v) is 8.40. The van der Waals surface area contributed by atoms with Gasteiger partial charge in [0.05, 0.1) is 10.2 Å². The molecule has 1 aliphatic carbocycles. The van der Waals surface area contributed by atoms with E-state index in [2.05, 4.69) is 40.2 Å². The van der Waals surface area contributed by atoms with Gasteiger partial charge in [-0.15, -0.1) is 0 Å². The van der Waals surface area contributed by atoms with E-state index in [1.54, 1.807) is 6.92 Å². The zero-order chi connectivity index (χ0) is 16.4. The summed E-state index contributed by atoms with van der Waals surface area (Å²) in [6, 6.07) is 0.158. The van der Waals surface area contributed by atoms with Crippen molar-refractivity contribution in [1.82, 2.24) is 15.1 Å². The molecule has 1 amide bonds. The highest BCUT2D eigenvalue weighted by Gasteiger charge is 2.28. The number of amides is 1. The van der Waals surface area contributed by atoms with E-state index in [-0.39, 0.29) is 28.7 Å². The number of aromatic nitrogens is 2. The third-order valence-corrected chi connectivity index (χ3v) is 5.69. The van der Waals surface area contributed by atoms with Crippen LogP contribution in [0.1, 0.15) is 50.9 Å². The molecule has 1 saturated carbocycles. The minimum absolute atomic E-state index is 0.0330. The van der Waals surface area contributed by atoms with Gasteiger partial charge in [0.1, 0.15) is 12.2 Å². The second-order valence-corrected chi connectivity index (χ2v) is 6.98. The average molecular weight is 378 g/mol. The van der Waals surface area contributed by atoms with E-state index in [0.29, 0.717) is 17.5 Å². The highest BCUT2D eigenvalue weighted by atomic mass is 79.9. The number of hydrogen-bond acceptors (Lipinski definition) is 2. The van der Waals surface area contributed by atoms with Crippen LogP contribution in [0.25, 0.3) is 0 Å². The second-order valence-electron chi connectivity index (χ2n) is 6.18. The standard InChI is InChI=1S/C15H22BrF2N3O/c1-8-5-4-6-11(9(8)2)19-12(22)7-21-10(3)13(16)14(20-21)15(17)18/h8-9,11,15H,4-7H2,1-3H3,(H,19,22)/t8-,9+,11+/m1/s1. The summed E-state index contributed by atoms with van der Waals surface area (Å²) in [6.45, 7) is 5.99. The Morgan fingerprint density at radius 2 is 2.14 bits per heavy atom. The van der Waals surface area contributed by atoms with E-state index in [4.69, 9.17) is 0 Å². The molecule has 0 radical (unpaired) electrons. The maximum absolute atomic E-state index is 12.8. The van der Waals surface area contributed by atoms with Crippen LogP contribution < -0.4 is 5.32 Å². The molecule has 7 heteroatoms. The van der Waals surface area contributed by atoms with Crippen molar-refractivity contribution < 1.29 is 13.6 Å². The highest BCUT2D eigenvalue weighted by Crippen LogP contribution is 2.30. The van der Waals surface area contributed by atoms with Crippen LogP contribution in [-0.2, 0) is 11.3 Å². The number of rotatable bonds is 4. The van der Waals surface area contributed by atoms with Gasteiger partial charge < -0.3 is 5.32 Å². The number of nitrogens with one attached hydrogen (secondary N) is 1. The Bertz CT molecular complexity index is 547. The Morgan fingerprint density at radius 1 is 1.45 bits per heavy atom. The monoisotopic (exact) mass is 377 g/mol. The lowest BCUT2D eigenvalue weighted by Crippen LogP contribution is -2.45. The Labute approximate surface area is 137 Å². The molecule has 4 nitrogen and oxygen atoms in total. The van der Waals surface area contributed by atoms with Gasteiger partial charge in [0.2, 0.25) is 5.91 Å². The van der Waals surface area contributed by atoms with Crippen LogP contribution in [0.4, 0.5) is 8.78 Å². The van der Waals surface area contributed by atoms with Crippen molar-refractivity contribution in [3.05, 3.63) is 15.9 Å². The fourth-order valence-corrected chi connectivity index (χ4v) is 3.47. The largest absolute Gasteiger partial charge is 0.351 e. The summed E-state index contributed by atoms with van der Waals surface area (Å²) in [6.07, 6.45) is 0.618. The summed E-state index contributed by atoms with van der Waals surface area (Å²) in [4.78, 5) is 12.2. The topological polar surface area (TPSA) is 46.9 Å². The maximum Gasteiger partial charge on any atom is 0.283 e. The second kappa shape index (κ2) is 7.06. The van der Waals surface area contributed by atoms with Crippen LogP contribution in [0.3, 0.4) is 0 Å². The molecule has 0 spiro atoms. The van der Waals surface area contributed by atoms with Crippen LogP contribution in [-0.4, -0.2) is 21.7 Å². The van der Waals surface area contributed by atoms with E-state index >= 15 is 0 Å². The van der Waals surface area contributed by atoms with Crippen LogP contribution >= 0.6 is 15.9 Å². The van der Waals surface area contributed by atoms with Gasteiger partial charge in [-0.1, -0.05) is 26.7 Å². The van der Waals surface area contributed by atoms with Crippen LogP contribution in [0, 0.1) is 18.8 Å². The molecule has 0 unspecified atom stereocenters. The molecule has 2 rings (SSSR count). The third-order valence-electron chi connectivity index (χ3n) is 4.71. The van der Waals surface area contributed by atoms with E-state index in [1.807, 2.05) is 0 Å². The van der Waals surface area contributed by atoms with Crippen LogP contribution in [0.15, 0.2) is 4.47 Å². The summed E-state index contributed by atoms with van der Waals surface area (Å²) in [5.41, 5.74) is 0.223. The maximum atomic E-state index is 12.8. The first kappa shape index (κ1) is 17.4. The van der Waals surface area contributed by atoms with Crippen molar-refractivity contribution in [3.63, 3.8) is 0 Å². The molecule has 1 fully saturated rings. The van der Waals surface area contributed by atoms with Gasteiger partial charge in [-0.05, 0) is 41.1 Å². The quantitative estimate of drug-likeness (QED) is 0.866. The summed E-state index contributed by atoms with van der Waals surface area (Å²) in [5, 5.41) is 6.86. The first-order valence-electron chi connectivity index (χ1n) is 7.61. The highest BCUT2D eigenvalue weighted by molar-refractivity contribution is 9.10. The van der Waals surface area contributed by atoms with Gasteiger partial charge in [-0.2, -0.15) is 5.10 Å². The summed E-state index contributed by atoms with van der Waals surface area (Å²) < 4.78 is 27.2. The van der Waals surface area contributed by atoms with Crippen molar-refractivity contribution in [2.45, 2.75) is 59.0 Å². The molecular weight excluding hydrogens is 356 g/mol. The van der Waals surface area contributed by atoms with E-state index in [0.717, 1.165) is 12.8 Å². The average Bonchev–Trinajstić information content (AvgIpc) is 2.72. The molecule has 0 aromatic carbocycles. The molecule has 0 saturated heterocycles. The SMILES string of the molecule is Cc1c(Br)c(C(F)F)nn1CC(=O)N[C@H]1CCC[C@@H](C)[C@@H]1C. The molecule has 3 atom stereocenters. The fraction of sp³-hybridized carbons (Fsp3) is 0.733. The van der Waals surface area contributed by atoms with Crippen molar-refractivity contribution in [2.24, 2.45) is 11.8 Å². The van der Waals surface area contributed by atoms with Crippen LogP contribution in [0.5, 0.6) is 0 Å². The molecule has 1 aromatic heterocycles. The van der Waals surface area contributed by atoms with E-state index < -0.39 is 6.43 Å². The molecule has 124 valence electrons. The fourth-order valence-electron chi connectivity index (χ4n) is 3.02. The van der Waals surface area contributed by atoms with E-state index in [9.17, 15) is 13.6 Å². The molecule has 1 aromatic rings. The van der Waals surface area contributed by atoms with Gasteiger partial charge in [-0.3, -0.25) is 9.48 Å². The molecular formula is C15H22BrF2N3O. The van der Waals surface area contributed by atoms with Crippen molar-refractivity contribution in [1.29, 1.82) is 0 Å². The van der Waals surface area contributed by atoms with Crippen molar-refractivity contribution in [2.75, 3.05) is 0 Å². The number of carbonyl (C=O) groups is 1. The lowest BCUT2D eigenvalue weighted by atomic mass is 9.78. The predicted octanol–water partition coefficient (Wildman–Crippen LogP) is 3.83. The Balaban J connectivity index is 2.02. The van der Waals surface area contributed by atoms with Gasteiger partial charge in [0, 0.05) is 6.04 Å². The molecule has 0 bridgehead atoms. The number of halogens is 3. The third kappa shape index (κ3) is 3.67. The molecule has 1 N–H and O–H groups in total. The normalized spacial score (nSPS) is 25.5. The summed E-state index contributed by atoms with van der Waals surface area (Å²) >= 11 is 3.11. The van der Waals surface area contributed by atoms with Crippen molar-refractivity contribution in [3.8, 4) is 0 Å². The van der Waals surface area contributed by atoms with Crippen molar-refractivity contribution >= 4 is 21.8 Å². The molecule has 22 heavy (non-hydrogen) atoms. The lowest BCUT2D eigenvalue weighted by molar-refractivity contribution is -0.123. The molecule has 0 aliphatic heterocycles. The van der Waals surface area contributed by atoms with Gasteiger partial charge in [0.25, 0.3) is 6.43 Å². The lowest BCUT2D eigenvalue weighted by Gasteiger charge is -2.34. The number of nitrogens with zero attached hydrogens (tertiary/aromatic N) is 2. The minimum Gasteiger partial charge on any atom is -0.351 e. The molecule has 1 aliphatic rings. The number of hydrogen-bond donors (Lipinski definition) is 1. The van der Waals surface area contributed by atoms with Gasteiger partial charge in [-0.25, -0.2) is 8.78 Å². The van der Waals surface area contributed by atoms with Gasteiger partial charge in [0.15, 0.2) is 0 Å². The number of carbonyl (C=O) groups excluding carboxylic acids is 1. The first-order chi connectivity index (χ1) is 10.3.